The van der Waals surface area contributed by atoms with Gasteiger partial charge in [-0.15, -0.1) is 13.2 Å². The lowest BCUT2D eigenvalue weighted by atomic mass is 10.1. The molecule has 0 spiro atoms. The molecule has 2 N–H and O–H groups in total. The van der Waals surface area contributed by atoms with Crippen molar-refractivity contribution in [3.05, 3.63) is 72.4 Å². The molecule has 0 saturated carbocycles. The maximum absolute atomic E-state index is 12.3. The minimum Gasteiger partial charge on any atom is -0.482 e. The molecule has 156 valence electrons. The van der Waals surface area contributed by atoms with Crippen molar-refractivity contribution in [2.45, 2.75) is 12.9 Å². The van der Waals surface area contributed by atoms with Crippen molar-refractivity contribution in [1.29, 1.82) is 0 Å². The number of carbonyl (C=O) groups is 1. The Labute approximate surface area is 169 Å². The molecule has 3 rings (SSSR count). The van der Waals surface area contributed by atoms with E-state index in [-0.39, 0.29) is 12.3 Å². The van der Waals surface area contributed by atoms with Crippen LogP contribution < -0.4 is 14.8 Å². The van der Waals surface area contributed by atoms with Gasteiger partial charge >= 0.3 is 12.3 Å². The van der Waals surface area contributed by atoms with Crippen LogP contribution in [0.4, 0.5) is 19.0 Å². The van der Waals surface area contributed by atoms with Gasteiger partial charge in [0.05, 0.1) is 0 Å². The predicted molar refractivity (Wildman–Crippen MR) is 103 cm³/mol. The molecule has 30 heavy (non-hydrogen) atoms. The number of benzene rings is 2. The number of halogens is 3. The van der Waals surface area contributed by atoms with Crippen LogP contribution in [0.1, 0.15) is 5.56 Å². The van der Waals surface area contributed by atoms with Crippen LogP contribution in [-0.2, 0) is 11.3 Å². The maximum atomic E-state index is 12.3. The fourth-order valence-corrected chi connectivity index (χ4v) is 2.60. The van der Waals surface area contributed by atoms with Gasteiger partial charge in [0.2, 0.25) is 0 Å². The molecular weight excluding hydrogens is 401 g/mol. The summed E-state index contributed by atoms with van der Waals surface area (Å²) in [6.45, 7) is -0.135. The van der Waals surface area contributed by atoms with Gasteiger partial charge in [-0.3, -0.25) is 0 Å². The molecule has 0 radical (unpaired) electrons. The fourth-order valence-electron chi connectivity index (χ4n) is 2.60. The third kappa shape index (κ3) is 6.40. The Bertz CT molecular complexity index is 990. The van der Waals surface area contributed by atoms with Crippen molar-refractivity contribution in [2.75, 3.05) is 11.9 Å². The minimum atomic E-state index is -4.73. The smallest absolute Gasteiger partial charge is 0.482 e. The Morgan fingerprint density at radius 3 is 2.37 bits per heavy atom. The minimum absolute atomic E-state index is 0.275. The molecule has 0 aliphatic heterocycles. The highest BCUT2D eigenvalue weighted by Crippen LogP contribution is 2.25. The summed E-state index contributed by atoms with van der Waals surface area (Å²) in [6, 6.07) is 16.2. The van der Waals surface area contributed by atoms with Crippen molar-refractivity contribution in [3.8, 4) is 22.6 Å². The molecule has 0 aliphatic carbocycles. The molecular formula is C21H17F3N2O4. The van der Waals surface area contributed by atoms with Crippen LogP contribution in [-0.4, -0.2) is 29.0 Å². The highest BCUT2D eigenvalue weighted by molar-refractivity contribution is 5.68. The van der Waals surface area contributed by atoms with Crippen LogP contribution in [0.5, 0.6) is 11.5 Å². The second-order valence-electron chi connectivity index (χ2n) is 6.19. The number of nitrogens with one attached hydrogen (secondary N) is 1. The van der Waals surface area contributed by atoms with Gasteiger partial charge in [-0.2, -0.15) is 0 Å². The average molecular weight is 418 g/mol. The number of hydrogen-bond donors (Lipinski definition) is 2. The topological polar surface area (TPSA) is 80.7 Å². The Morgan fingerprint density at radius 2 is 1.73 bits per heavy atom. The van der Waals surface area contributed by atoms with E-state index in [1.807, 2.05) is 6.07 Å². The Balaban J connectivity index is 1.58. The van der Waals surface area contributed by atoms with Crippen molar-refractivity contribution in [1.82, 2.24) is 4.98 Å². The quantitative estimate of drug-likeness (QED) is 0.551. The Kier molecular flexibility index (Phi) is 6.41. The number of carboxylic acid groups (broad SMARTS) is 1. The van der Waals surface area contributed by atoms with Gasteiger partial charge in [0.1, 0.15) is 17.3 Å². The molecule has 6 nitrogen and oxygen atoms in total. The monoisotopic (exact) mass is 418 g/mol. The van der Waals surface area contributed by atoms with E-state index in [0.29, 0.717) is 17.1 Å². The van der Waals surface area contributed by atoms with Crippen molar-refractivity contribution in [3.63, 3.8) is 0 Å². The van der Waals surface area contributed by atoms with Gasteiger partial charge in [-0.05, 0) is 47.5 Å². The fraction of sp³-hybridized carbons (Fsp3) is 0.143. The van der Waals surface area contributed by atoms with Crippen LogP contribution in [0.25, 0.3) is 11.1 Å². The Hall–Kier alpha value is -3.75. The standard InChI is InChI=1S/C21H17F3N2O4/c22-21(23,24)30-18-3-1-2-14(10-18)11-25-19-9-6-16(12-26-19)15-4-7-17(8-5-15)29-13-20(27)28/h1-10,12H,11,13H2,(H,25,26)(H,27,28). The van der Waals surface area contributed by atoms with Crippen LogP contribution in [0.3, 0.4) is 0 Å². The summed E-state index contributed by atoms with van der Waals surface area (Å²) in [7, 11) is 0. The molecule has 2 aromatic carbocycles. The van der Waals surface area contributed by atoms with Crippen molar-refractivity contribution in [2.24, 2.45) is 0 Å². The normalized spacial score (nSPS) is 11.0. The second kappa shape index (κ2) is 9.17. The molecule has 0 unspecified atom stereocenters. The number of hydrogen-bond acceptors (Lipinski definition) is 5. The molecule has 1 aromatic heterocycles. The summed E-state index contributed by atoms with van der Waals surface area (Å²) in [6.07, 6.45) is -3.08. The molecule has 9 heteroatoms. The first kappa shape index (κ1) is 21.0. The molecule has 0 bridgehead atoms. The van der Waals surface area contributed by atoms with E-state index in [1.165, 1.54) is 18.2 Å². The SMILES string of the molecule is O=C(O)COc1ccc(-c2ccc(NCc3cccc(OC(F)(F)F)c3)nc2)cc1. The summed E-state index contributed by atoms with van der Waals surface area (Å²) < 4.78 is 46.0. The molecule has 0 aliphatic rings. The molecule has 0 amide bonds. The summed E-state index contributed by atoms with van der Waals surface area (Å²) in [5.74, 6) is -0.321. The zero-order valence-electron chi connectivity index (χ0n) is 15.5. The number of aliphatic carboxylic acids is 1. The van der Waals surface area contributed by atoms with E-state index in [9.17, 15) is 18.0 Å². The lowest BCUT2D eigenvalue weighted by molar-refractivity contribution is -0.274. The van der Waals surface area contributed by atoms with E-state index in [4.69, 9.17) is 9.84 Å². The number of alkyl halides is 3. The second-order valence-corrected chi connectivity index (χ2v) is 6.19. The van der Waals surface area contributed by atoms with Crippen LogP contribution >= 0.6 is 0 Å². The number of nitrogens with zero attached hydrogens (tertiary/aromatic N) is 1. The third-order valence-electron chi connectivity index (χ3n) is 3.92. The molecule has 0 saturated heterocycles. The highest BCUT2D eigenvalue weighted by atomic mass is 19.4. The first-order valence-corrected chi connectivity index (χ1v) is 8.78. The summed E-state index contributed by atoms with van der Waals surface area (Å²) in [5, 5.41) is 11.7. The number of carboxylic acids is 1. The summed E-state index contributed by atoms with van der Waals surface area (Å²) in [5.41, 5.74) is 2.32. The molecule has 1 heterocycles. The van der Waals surface area contributed by atoms with Crippen molar-refractivity contribution < 1.29 is 32.5 Å². The molecule has 3 aromatic rings. The largest absolute Gasteiger partial charge is 0.573 e. The van der Waals surface area contributed by atoms with E-state index >= 15 is 0 Å². The number of pyridine rings is 1. The number of anilines is 1. The number of ether oxygens (including phenoxy) is 2. The van der Waals surface area contributed by atoms with E-state index < -0.39 is 18.9 Å². The summed E-state index contributed by atoms with van der Waals surface area (Å²) in [4.78, 5) is 14.8. The van der Waals surface area contributed by atoms with Gasteiger partial charge in [-0.1, -0.05) is 24.3 Å². The van der Waals surface area contributed by atoms with Crippen LogP contribution in [0.15, 0.2) is 66.9 Å². The molecule has 0 atom stereocenters. The van der Waals surface area contributed by atoms with Gasteiger partial charge in [0.25, 0.3) is 0 Å². The van der Waals surface area contributed by atoms with Crippen LogP contribution in [0.2, 0.25) is 0 Å². The zero-order valence-corrected chi connectivity index (χ0v) is 15.5. The zero-order chi connectivity index (χ0) is 21.6. The van der Waals surface area contributed by atoms with Gasteiger partial charge in [0, 0.05) is 18.3 Å². The first-order valence-electron chi connectivity index (χ1n) is 8.78. The Morgan fingerprint density at radius 1 is 1.00 bits per heavy atom. The first-order chi connectivity index (χ1) is 14.3. The number of rotatable bonds is 8. The maximum Gasteiger partial charge on any atom is 0.573 e. The van der Waals surface area contributed by atoms with E-state index in [2.05, 4.69) is 15.0 Å². The molecule has 0 fully saturated rings. The van der Waals surface area contributed by atoms with E-state index in [0.717, 1.165) is 11.1 Å². The van der Waals surface area contributed by atoms with Crippen LogP contribution in [0, 0.1) is 0 Å². The van der Waals surface area contributed by atoms with Gasteiger partial charge in [0.15, 0.2) is 6.61 Å². The third-order valence-corrected chi connectivity index (χ3v) is 3.92. The van der Waals surface area contributed by atoms with Crippen molar-refractivity contribution >= 4 is 11.8 Å². The lowest BCUT2D eigenvalue weighted by Crippen LogP contribution is -2.17. The average Bonchev–Trinajstić information content (AvgIpc) is 2.70. The lowest BCUT2D eigenvalue weighted by Gasteiger charge is -2.11. The predicted octanol–water partition coefficient (Wildman–Crippen LogP) is 4.72. The van der Waals surface area contributed by atoms with Gasteiger partial charge in [-0.25, -0.2) is 9.78 Å². The van der Waals surface area contributed by atoms with E-state index in [1.54, 1.807) is 42.6 Å². The summed E-state index contributed by atoms with van der Waals surface area (Å²) >= 11 is 0. The number of aromatic nitrogens is 1. The highest BCUT2D eigenvalue weighted by Gasteiger charge is 2.31. The van der Waals surface area contributed by atoms with Gasteiger partial charge < -0.3 is 19.9 Å².